The number of carbonyl (C=O) groups is 1. The molecule has 0 radical (unpaired) electrons. The van der Waals surface area contributed by atoms with Gasteiger partial charge in [-0.3, -0.25) is 9.89 Å². The standard InChI is InChI=1S/C20H14BrN5O/c21-16-8-5-14(6-9-16)19-15(11-22-25-19)12-23-26-20(27)18-10-7-13-3-1-2-4-17(13)24-18/h1-12H,(H,22,25)(H,26,27). The van der Waals surface area contributed by atoms with Crippen LogP contribution in [0.3, 0.4) is 0 Å². The van der Waals surface area contributed by atoms with Gasteiger partial charge in [-0.1, -0.05) is 52.3 Å². The second-order valence-electron chi connectivity index (χ2n) is 5.80. The van der Waals surface area contributed by atoms with E-state index in [0.29, 0.717) is 5.69 Å². The fraction of sp³-hybridized carbons (Fsp3) is 0. The summed E-state index contributed by atoms with van der Waals surface area (Å²) in [4.78, 5) is 16.6. The molecule has 0 fully saturated rings. The van der Waals surface area contributed by atoms with Gasteiger partial charge in [-0.15, -0.1) is 0 Å². The molecule has 4 rings (SSSR count). The number of amides is 1. The van der Waals surface area contributed by atoms with Gasteiger partial charge in [-0.25, -0.2) is 10.4 Å². The number of para-hydroxylation sites is 1. The van der Waals surface area contributed by atoms with Gasteiger partial charge >= 0.3 is 0 Å². The summed E-state index contributed by atoms with van der Waals surface area (Å²) in [6.45, 7) is 0. The zero-order valence-corrected chi connectivity index (χ0v) is 15.6. The zero-order valence-electron chi connectivity index (χ0n) is 14.1. The number of aromatic amines is 1. The molecule has 2 N–H and O–H groups in total. The number of hydrazone groups is 1. The Morgan fingerprint density at radius 2 is 1.89 bits per heavy atom. The number of halogens is 1. The lowest BCUT2D eigenvalue weighted by Crippen LogP contribution is -2.18. The summed E-state index contributed by atoms with van der Waals surface area (Å²) in [7, 11) is 0. The molecule has 0 aliphatic rings. The quantitative estimate of drug-likeness (QED) is 0.384. The first-order valence-corrected chi connectivity index (χ1v) is 8.98. The summed E-state index contributed by atoms with van der Waals surface area (Å²) in [5, 5.41) is 12.0. The molecule has 132 valence electrons. The smallest absolute Gasteiger partial charge is 0.277 e. The van der Waals surface area contributed by atoms with Crippen LogP contribution in [-0.4, -0.2) is 27.3 Å². The molecular weight excluding hydrogens is 406 g/mol. The number of hydrogen-bond donors (Lipinski definition) is 2. The third-order valence-electron chi connectivity index (χ3n) is 4.00. The van der Waals surface area contributed by atoms with Crippen molar-refractivity contribution in [1.82, 2.24) is 20.6 Å². The van der Waals surface area contributed by atoms with Crippen LogP contribution in [-0.2, 0) is 0 Å². The Kier molecular flexibility index (Phi) is 4.76. The Hall–Kier alpha value is -3.32. The Balaban J connectivity index is 1.50. The molecule has 0 aliphatic heterocycles. The van der Waals surface area contributed by atoms with Gasteiger partial charge in [0.2, 0.25) is 0 Å². The monoisotopic (exact) mass is 419 g/mol. The molecule has 2 aromatic carbocycles. The van der Waals surface area contributed by atoms with Gasteiger partial charge in [-0.2, -0.15) is 10.2 Å². The molecule has 0 unspecified atom stereocenters. The van der Waals surface area contributed by atoms with Crippen LogP contribution >= 0.6 is 15.9 Å². The second-order valence-corrected chi connectivity index (χ2v) is 6.71. The normalized spacial score (nSPS) is 11.1. The number of fused-ring (bicyclic) bond motifs is 1. The molecule has 0 bridgehead atoms. The highest BCUT2D eigenvalue weighted by atomic mass is 79.9. The van der Waals surface area contributed by atoms with Crippen LogP contribution in [0.5, 0.6) is 0 Å². The van der Waals surface area contributed by atoms with Crippen molar-refractivity contribution in [3.63, 3.8) is 0 Å². The fourth-order valence-corrected chi connectivity index (χ4v) is 2.92. The lowest BCUT2D eigenvalue weighted by molar-refractivity contribution is 0.0950. The van der Waals surface area contributed by atoms with Crippen molar-refractivity contribution >= 4 is 39.0 Å². The van der Waals surface area contributed by atoms with Crippen LogP contribution in [0.1, 0.15) is 16.1 Å². The topological polar surface area (TPSA) is 83.0 Å². The number of carbonyl (C=O) groups excluding carboxylic acids is 1. The number of nitrogens with zero attached hydrogens (tertiary/aromatic N) is 3. The summed E-state index contributed by atoms with van der Waals surface area (Å²) in [5.74, 6) is -0.370. The predicted molar refractivity (Wildman–Crippen MR) is 109 cm³/mol. The zero-order chi connectivity index (χ0) is 18.6. The van der Waals surface area contributed by atoms with Crippen LogP contribution in [0.25, 0.3) is 22.2 Å². The maximum absolute atomic E-state index is 12.3. The first-order valence-electron chi connectivity index (χ1n) is 8.19. The van der Waals surface area contributed by atoms with E-state index in [1.807, 2.05) is 54.6 Å². The number of nitrogens with one attached hydrogen (secondary N) is 2. The molecular formula is C20H14BrN5O. The average molecular weight is 420 g/mol. The van der Waals surface area contributed by atoms with E-state index in [1.165, 1.54) is 0 Å². The number of pyridine rings is 1. The molecule has 2 aromatic heterocycles. The van der Waals surface area contributed by atoms with Crippen LogP contribution < -0.4 is 5.43 Å². The van der Waals surface area contributed by atoms with Crippen molar-refractivity contribution in [2.75, 3.05) is 0 Å². The minimum absolute atomic E-state index is 0.311. The largest absolute Gasteiger partial charge is 0.289 e. The van der Waals surface area contributed by atoms with Crippen molar-refractivity contribution < 1.29 is 4.79 Å². The highest BCUT2D eigenvalue weighted by molar-refractivity contribution is 9.10. The maximum Gasteiger partial charge on any atom is 0.289 e. The van der Waals surface area contributed by atoms with E-state index < -0.39 is 0 Å². The van der Waals surface area contributed by atoms with Gasteiger partial charge in [0.05, 0.1) is 23.6 Å². The highest BCUT2D eigenvalue weighted by Gasteiger charge is 2.08. The Morgan fingerprint density at radius 1 is 1.07 bits per heavy atom. The van der Waals surface area contributed by atoms with E-state index in [4.69, 9.17) is 0 Å². The van der Waals surface area contributed by atoms with Gasteiger partial charge in [-0.05, 0) is 24.3 Å². The van der Waals surface area contributed by atoms with Crippen LogP contribution in [0, 0.1) is 0 Å². The molecule has 1 amide bonds. The first kappa shape index (κ1) is 17.1. The summed E-state index contributed by atoms with van der Waals surface area (Å²) >= 11 is 3.42. The maximum atomic E-state index is 12.3. The van der Waals surface area contributed by atoms with E-state index in [9.17, 15) is 4.79 Å². The minimum atomic E-state index is -0.370. The summed E-state index contributed by atoms with van der Waals surface area (Å²) < 4.78 is 0.996. The fourth-order valence-electron chi connectivity index (χ4n) is 2.65. The molecule has 0 saturated carbocycles. The number of hydrogen-bond acceptors (Lipinski definition) is 4. The molecule has 6 nitrogen and oxygen atoms in total. The molecule has 0 atom stereocenters. The van der Waals surface area contributed by atoms with Crippen molar-refractivity contribution in [1.29, 1.82) is 0 Å². The molecule has 0 spiro atoms. The van der Waals surface area contributed by atoms with E-state index in [0.717, 1.165) is 32.2 Å². The van der Waals surface area contributed by atoms with Gasteiger partial charge in [0.1, 0.15) is 5.69 Å². The summed E-state index contributed by atoms with van der Waals surface area (Å²) in [6, 6.07) is 19.0. The van der Waals surface area contributed by atoms with Crippen molar-refractivity contribution in [3.8, 4) is 11.3 Å². The highest BCUT2D eigenvalue weighted by Crippen LogP contribution is 2.22. The van der Waals surface area contributed by atoms with Crippen LogP contribution in [0.2, 0.25) is 0 Å². The first-order chi connectivity index (χ1) is 13.2. The number of aromatic nitrogens is 3. The third kappa shape index (κ3) is 3.78. The van der Waals surface area contributed by atoms with Gasteiger partial charge < -0.3 is 0 Å². The van der Waals surface area contributed by atoms with Crippen molar-refractivity contribution in [2.45, 2.75) is 0 Å². The van der Waals surface area contributed by atoms with E-state index >= 15 is 0 Å². The van der Waals surface area contributed by atoms with Crippen molar-refractivity contribution in [2.24, 2.45) is 5.10 Å². The lowest BCUT2D eigenvalue weighted by atomic mass is 10.1. The Bertz CT molecular complexity index is 1130. The second kappa shape index (κ2) is 7.51. The summed E-state index contributed by atoms with van der Waals surface area (Å²) in [6.07, 6.45) is 3.21. The Morgan fingerprint density at radius 3 is 2.74 bits per heavy atom. The van der Waals surface area contributed by atoms with Crippen molar-refractivity contribution in [3.05, 3.63) is 82.6 Å². The lowest BCUT2D eigenvalue weighted by Gasteiger charge is -2.02. The van der Waals surface area contributed by atoms with Gasteiger partial charge in [0.25, 0.3) is 5.91 Å². The van der Waals surface area contributed by atoms with Gasteiger partial charge in [0, 0.05) is 21.0 Å². The van der Waals surface area contributed by atoms with E-state index in [1.54, 1.807) is 18.5 Å². The average Bonchev–Trinajstić information content (AvgIpc) is 3.16. The summed E-state index contributed by atoms with van der Waals surface area (Å²) in [5.41, 5.74) is 6.15. The van der Waals surface area contributed by atoms with E-state index in [-0.39, 0.29) is 5.91 Å². The minimum Gasteiger partial charge on any atom is -0.277 e. The van der Waals surface area contributed by atoms with E-state index in [2.05, 4.69) is 41.6 Å². The Labute approximate surface area is 163 Å². The molecule has 7 heteroatoms. The third-order valence-corrected chi connectivity index (χ3v) is 4.53. The number of rotatable bonds is 4. The molecule has 27 heavy (non-hydrogen) atoms. The van der Waals surface area contributed by atoms with Gasteiger partial charge in [0.15, 0.2) is 0 Å². The molecule has 0 saturated heterocycles. The predicted octanol–water partition coefficient (Wildman–Crippen LogP) is 4.15. The number of benzene rings is 2. The number of H-pyrrole nitrogens is 1. The van der Waals surface area contributed by atoms with Crippen LogP contribution in [0.15, 0.2) is 76.4 Å². The molecule has 2 heterocycles. The van der Waals surface area contributed by atoms with Crippen LogP contribution in [0.4, 0.5) is 0 Å². The molecule has 0 aliphatic carbocycles. The SMILES string of the molecule is O=C(NN=Cc1cn[nH]c1-c1ccc(Br)cc1)c1ccc2ccccc2n1. The molecule has 4 aromatic rings.